The van der Waals surface area contributed by atoms with E-state index in [9.17, 15) is 4.79 Å². The van der Waals surface area contributed by atoms with Crippen molar-refractivity contribution in [1.82, 2.24) is 15.1 Å². The average molecular weight is 346 g/mol. The lowest BCUT2D eigenvalue weighted by Gasteiger charge is -2.06. The monoisotopic (exact) mass is 346 g/mol. The molecule has 7 heteroatoms. The highest BCUT2D eigenvalue weighted by Gasteiger charge is 2.16. The van der Waals surface area contributed by atoms with E-state index in [1.807, 2.05) is 48.9 Å². The van der Waals surface area contributed by atoms with Gasteiger partial charge in [-0.15, -0.1) is 11.8 Å². The molecule has 1 N–H and O–H groups in total. The van der Waals surface area contributed by atoms with Crippen LogP contribution in [-0.2, 0) is 4.79 Å². The molecule has 23 heavy (non-hydrogen) atoms. The van der Waals surface area contributed by atoms with Gasteiger partial charge in [0.05, 0.1) is 34.3 Å². The van der Waals surface area contributed by atoms with Gasteiger partial charge in [-0.2, -0.15) is 5.10 Å². The van der Waals surface area contributed by atoms with Gasteiger partial charge in [-0.1, -0.05) is 30.0 Å². The number of carbonyl (C=O) groups excluding carboxylic acids is 1. The minimum Gasteiger partial charge on any atom is -0.305 e. The maximum atomic E-state index is 12.0. The third-order valence-electron chi connectivity index (χ3n) is 3.41. The van der Waals surface area contributed by atoms with Gasteiger partial charge in [0.15, 0.2) is 5.17 Å². The fraction of sp³-hybridized carbons (Fsp3) is 0.312. The van der Waals surface area contributed by atoms with Crippen molar-refractivity contribution >= 4 is 34.6 Å². The number of para-hydroxylation sites is 1. The van der Waals surface area contributed by atoms with Gasteiger partial charge in [0.25, 0.3) is 0 Å². The molecule has 0 bridgehead atoms. The van der Waals surface area contributed by atoms with Crippen molar-refractivity contribution in [3.63, 3.8) is 0 Å². The highest BCUT2D eigenvalue weighted by molar-refractivity contribution is 8.14. The zero-order valence-electron chi connectivity index (χ0n) is 13.1. The molecule has 0 aliphatic carbocycles. The third-order valence-corrected chi connectivity index (χ3v) is 5.58. The molecule has 1 aliphatic heterocycles. The maximum Gasteiger partial charge on any atom is 0.236 e. The van der Waals surface area contributed by atoms with Crippen LogP contribution >= 0.6 is 23.5 Å². The van der Waals surface area contributed by atoms with Gasteiger partial charge in [-0.05, 0) is 26.0 Å². The topological polar surface area (TPSA) is 59.3 Å². The molecule has 0 saturated heterocycles. The normalized spacial score (nSPS) is 13.9. The molecule has 0 radical (unpaired) electrons. The van der Waals surface area contributed by atoms with Gasteiger partial charge in [-0.3, -0.25) is 9.79 Å². The van der Waals surface area contributed by atoms with Crippen LogP contribution in [0.2, 0.25) is 0 Å². The van der Waals surface area contributed by atoms with Crippen LogP contribution in [0.1, 0.15) is 11.4 Å². The Hall–Kier alpha value is -1.73. The first-order chi connectivity index (χ1) is 11.1. The quantitative estimate of drug-likeness (QED) is 0.865. The lowest BCUT2D eigenvalue weighted by molar-refractivity contribution is -0.117. The first kappa shape index (κ1) is 16.1. The second kappa shape index (κ2) is 7.23. The summed E-state index contributed by atoms with van der Waals surface area (Å²) >= 11 is 3.11. The van der Waals surface area contributed by atoms with E-state index in [-0.39, 0.29) is 5.91 Å². The van der Waals surface area contributed by atoms with Crippen LogP contribution in [0, 0.1) is 13.8 Å². The number of aryl methyl sites for hydroxylation is 1. The Labute approximate surface area is 143 Å². The number of thioether (sulfide) groups is 2. The number of carbonyl (C=O) groups is 1. The van der Waals surface area contributed by atoms with Crippen molar-refractivity contribution in [3.05, 3.63) is 41.7 Å². The van der Waals surface area contributed by atoms with Crippen molar-refractivity contribution in [3.8, 4) is 5.69 Å². The van der Waals surface area contributed by atoms with Gasteiger partial charge < -0.3 is 5.32 Å². The Balaban J connectivity index is 1.68. The largest absolute Gasteiger partial charge is 0.305 e. The SMILES string of the molecule is Cc1nn(-c2ccccc2)c(C)c1SCC(=O)NC1=NCCS1. The fourth-order valence-electron chi connectivity index (χ4n) is 2.36. The van der Waals surface area contributed by atoms with Crippen LogP contribution in [-0.4, -0.2) is 38.9 Å². The number of hydrogen-bond acceptors (Lipinski definition) is 5. The molecule has 1 aromatic carbocycles. The molecule has 2 aromatic rings. The molecule has 0 saturated carbocycles. The van der Waals surface area contributed by atoms with Gasteiger partial charge >= 0.3 is 0 Å². The van der Waals surface area contributed by atoms with Crippen LogP contribution < -0.4 is 5.32 Å². The van der Waals surface area contributed by atoms with Gasteiger partial charge in [0.1, 0.15) is 0 Å². The van der Waals surface area contributed by atoms with E-state index in [1.165, 1.54) is 11.8 Å². The van der Waals surface area contributed by atoms with E-state index in [4.69, 9.17) is 0 Å². The number of amides is 1. The minimum atomic E-state index is -0.0191. The summed E-state index contributed by atoms with van der Waals surface area (Å²) in [5, 5.41) is 8.19. The summed E-state index contributed by atoms with van der Waals surface area (Å²) in [5.74, 6) is 1.29. The molecular formula is C16H18N4OS2. The molecule has 1 aliphatic rings. The van der Waals surface area contributed by atoms with E-state index in [1.54, 1.807) is 11.8 Å². The first-order valence-corrected chi connectivity index (χ1v) is 9.34. The third kappa shape index (κ3) is 3.79. The minimum absolute atomic E-state index is 0.0191. The molecule has 5 nitrogen and oxygen atoms in total. The number of amidine groups is 1. The van der Waals surface area contributed by atoms with E-state index in [2.05, 4.69) is 15.4 Å². The second-order valence-electron chi connectivity index (χ2n) is 5.12. The predicted molar refractivity (Wildman–Crippen MR) is 96.7 cm³/mol. The van der Waals surface area contributed by atoms with Crippen LogP contribution in [0.15, 0.2) is 40.2 Å². The zero-order chi connectivity index (χ0) is 16.2. The summed E-state index contributed by atoms with van der Waals surface area (Å²) in [5.41, 5.74) is 3.02. The van der Waals surface area contributed by atoms with Crippen molar-refractivity contribution in [1.29, 1.82) is 0 Å². The van der Waals surface area contributed by atoms with Gasteiger partial charge in [0.2, 0.25) is 5.91 Å². The van der Waals surface area contributed by atoms with Crippen LogP contribution in [0.25, 0.3) is 5.69 Å². The van der Waals surface area contributed by atoms with E-state index in [0.717, 1.165) is 39.4 Å². The lowest BCUT2D eigenvalue weighted by atomic mass is 10.3. The summed E-state index contributed by atoms with van der Waals surface area (Å²) in [6.07, 6.45) is 0. The Morgan fingerprint density at radius 3 is 2.83 bits per heavy atom. The molecule has 0 atom stereocenters. The Bertz CT molecular complexity index is 740. The van der Waals surface area contributed by atoms with Crippen LogP contribution in [0.5, 0.6) is 0 Å². The molecule has 3 rings (SSSR count). The van der Waals surface area contributed by atoms with Crippen molar-refractivity contribution in [2.45, 2.75) is 18.7 Å². The van der Waals surface area contributed by atoms with E-state index < -0.39 is 0 Å². The molecule has 1 amide bonds. The number of nitrogens with one attached hydrogen (secondary N) is 1. The first-order valence-electron chi connectivity index (χ1n) is 7.36. The molecule has 1 aromatic heterocycles. The number of rotatable bonds is 4. The summed E-state index contributed by atoms with van der Waals surface area (Å²) in [4.78, 5) is 17.3. The Kier molecular flexibility index (Phi) is 5.07. The van der Waals surface area contributed by atoms with Crippen molar-refractivity contribution in [2.75, 3.05) is 18.1 Å². The molecule has 0 spiro atoms. The average Bonchev–Trinajstić information content (AvgIpc) is 3.15. The lowest BCUT2D eigenvalue weighted by Crippen LogP contribution is -2.28. The fourth-order valence-corrected chi connectivity index (χ4v) is 4.00. The molecule has 0 fully saturated rings. The molecule has 0 unspecified atom stereocenters. The number of hydrogen-bond donors (Lipinski definition) is 1. The van der Waals surface area contributed by atoms with Crippen LogP contribution in [0.4, 0.5) is 0 Å². The van der Waals surface area contributed by atoms with Crippen molar-refractivity contribution in [2.24, 2.45) is 4.99 Å². The summed E-state index contributed by atoms with van der Waals surface area (Å²) in [7, 11) is 0. The van der Waals surface area contributed by atoms with E-state index in [0.29, 0.717) is 5.75 Å². The Morgan fingerprint density at radius 2 is 2.13 bits per heavy atom. The van der Waals surface area contributed by atoms with Crippen molar-refractivity contribution < 1.29 is 4.79 Å². The summed E-state index contributed by atoms with van der Waals surface area (Å²) in [6.45, 7) is 4.79. The summed E-state index contributed by atoms with van der Waals surface area (Å²) in [6, 6.07) is 10.0. The van der Waals surface area contributed by atoms with E-state index >= 15 is 0 Å². The smallest absolute Gasteiger partial charge is 0.236 e. The van der Waals surface area contributed by atoms with Gasteiger partial charge in [-0.25, -0.2) is 4.68 Å². The Morgan fingerprint density at radius 1 is 1.35 bits per heavy atom. The number of nitrogens with zero attached hydrogens (tertiary/aromatic N) is 3. The number of aromatic nitrogens is 2. The zero-order valence-corrected chi connectivity index (χ0v) is 14.7. The number of aliphatic imine (C=N–C) groups is 1. The molecule has 2 heterocycles. The second-order valence-corrected chi connectivity index (χ2v) is 7.19. The molecule has 120 valence electrons. The number of benzene rings is 1. The molecular weight excluding hydrogens is 328 g/mol. The highest BCUT2D eigenvalue weighted by atomic mass is 32.2. The predicted octanol–water partition coefficient (Wildman–Crippen LogP) is 2.80. The van der Waals surface area contributed by atoms with Gasteiger partial charge in [0, 0.05) is 5.75 Å². The standard InChI is InChI=1S/C16H18N4OS2/c1-11-15(23-10-14(21)18-16-17-8-9-22-16)12(2)20(19-11)13-6-4-3-5-7-13/h3-7H,8-10H2,1-2H3,(H,17,18,21). The maximum absolute atomic E-state index is 12.0. The van der Waals surface area contributed by atoms with Crippen LogP contribution in [0.3, 0.4) is 0 Å². The highest BCUT2D eigenvalue weighted by Crippen LogP contribution is 2.27. The summed E-state index contributed by atoms with van der Waals surface area (Å²) < 4.78 is 1.92.